The molecule has 4 aromatic rings. The lowest BCUT2D eigenvalue weighted by atomic mass is 10.1. The molecule has 170 valence electrons. The van der Waals surface area contributed by atoms with Crippen molar-refractivity contribution in [2.45, 2.75) is 13.0 Å². The lowest BCUT2D eigenvalue weighted by molar-refractivity contribution is 0.0953. The van der Waals surface area contributed by atoms with Gasteiger partial charge in [0.25, 0.3) is 11.8 Å². The Morgan fingerprint density at radius 1 is 1.06 bits per heavy atom. The maximum atomic E-state index is 12.5. The van der Waals surface area contributed by atoms with Crippen molar-refractivity contribution >= 4 is 39.7 Å². The van der Waals surface area contributed by atoms with Gasteiger partial charge < -0.3 is 25.1 Å². The SMILES string of the molecule is COCc1nnc(C(=O)Nc2ccc(C(=O)NCCc3c[nH]c4ccc(OC)cc34)cc2)s1. The molecule has 0 spiro atoms. The highest BCUT2D eigenvalue weighted by atomic mass is 32.1. The molecule has 2 heterocycles. The number of fused-ring (bicyclic) bond motifs is 1. The van der Waals surface area contributed by atoms with E-state index in [-0.39, 0.29) is 16.8 Å². The summed E-state index contributed by atoms with van der Waals surface area (Å²) in [5, 5.41) is 15.4. The van der Waals surface area contributed by atoms with Crippen molar-refractivity contribution in [3.63, 3.8) is 0 Å². The van der Waals surface area contributed by atoms with Gasteiger partial charge in [-0.1, -0.05) is 11.3 Å². The maximum Gasteiger partial charge on any atom is 0.286 e. The number of amides is 2. The van der Waals surface area contributed by atoms with Crippen LogP contribution in [-0.2, 0) is 17.8 Å². The third kappa shape index (κ3) is 5.36. The first kappa shape index (κ1) is 22.4. The van der Waals surface area contributed by atoms with Crippen molar-refractivity contribution in [3.05, 3.63) is 69.8 Å². The van der Waals surface area contributed by atoms with Gasteiger partial charge in [0.15, 0.2) is 0 Å². The van der Waals surface area contributed by atoms with E-state index in [1.807, 2.05) is 24.4 Å². The molecule has 0 radical (unpaired) electrons. The number of anilines is 1. The largest absolute Gasteiger partial charge is 0.497 e. The first-order valence-electron chi connectivity index (χ1n) is 10.2. The highest BCUT2D eigenvalue weighted by Crippen LogP contribution is 2.23. The zero-order valence-corrected chi connectivity index (χ0v) is 19.0. The van der Waals surface area contributed by atoms with Crippen LogP contribution in [0.2, 0.25) is 0 Å². The number of hydrogen-bond donors (Lipinski definition) is 3. The zero-order chi connectivity index (χ0) is 23.2. The van der Waals surface area contributed by atoms with Crippen LogP contribution in [0.5, 0.6) is 5.75 Å². The minimum absolute atomic E-state index is 0.182. The number of rotatable bonds is 9. The van der Waals surface area contributed by atoms with Crippen molar-refractivity contribution < 1.29 is 19.1 Å². The number of nitrogens with one attached hydrogen (secondary N) is 3. The normalized spacial score (nSPS) is 10.8. The number of aromatic amines is 1. The molecule has 0 fully saturated rings. The van der Waals surface area contributed by atoms with E-state index in [1.54, 1.807) is 38.5 Å². The van der Waals surface area contributed by atoms with Crippen molar-refractivity contribution in [3.8, 4) is 5.75 Å². The van der Waals surface area contributed by atoms with Gasteiger partial charge in [0.2, 0.25) is 5.01 Å². The van der Waals surface area contributed by atoms with Gasteiger partial charge in [0.05, 0.1) is 13.7 Å². The van der Waals surface area contributed by atoms with E-state index in [0.717, 1.165) is 22.2 Å². The molecule has 0 aliphatic carbocycles. The zero-order valence-electron chi connectivity index (χ0n) is 18.2. The average molecular weight is 466 g/mol. The number of carbonyl (C=O) groups is 2. The topological polar surface area (TPSA) is 118 Å². The second-order valence-corrected chi connectivity index (χ2v) is 8.26. The summed E-state index contributed by atoms with van der Waals surface area (Å²) in [7, 11) is 3.19. The fourth-order valence-corrected chi connectivity index (χ4v) is 4.03. The van der Waals surface area contributed by atoms with E-state index < -0.39 is 0 Å². The van der Waals surface area contributed by atoms with Crippen LogP contribution in [0.15, 0.2) is 48.7 Å². The average Bonchev–Trinajstić information content (AvgIpc) is 3.46. The fraction of sp³-hybridized carbons (Fsp3) is 0.217. The van der Waals surface area contributed by atoms with E-state index in [9.17, 15) is 9.59 Å². The molecule has 4 rings (SSSR count). The molecule has 2 aromatic heterocycles. The molecule has 3 N–H and O–H groups in total. The lowest BCUT2D eigenvalue weighted by Gasteiger charge is -2.07. The number of nitrogens with zero attached hydrogens (tertiary/aromatic N) is 2. The maximum absolute atomic E-state index is 12.5. The number of aromatic nitrogens is 3. The summed E-state index contributed by atoms with van der Waals surface area (Å²) in [5.74, 6) is 0.252. The Hall–Kier alpha value is -3.76. The van der Waals surface area contributed by atoms with Gasteiger partial charge >= 0.3 is 0 Å². The quantitative estimate of drug-likeness (QED) is 0.349. The van der Waals surface area contributed by atoms with Crippen LogP contribution in [0.25, 0.3) is 10.9 Å². The van der Waals surface area contributed by atoms with Crippen LogP contribution in [-0.4, -0.2) is 47.8 Å². The predicted octanol–water partition coefficient (Wildman–Crippen LogP) is 3.40. The van der Waals surface area contributed by atoms with Crippen LogP contribution < -0.4 is 15.4 Å². The van der Waals surface area contributed by atoms with Crippen molar-refractivity contribution in [2.75, 3.05) is 26.1 Å². The third-order valence-electron chi connectivity index (χ3n) is 4.99. The number of ether oxygens (including phenoxy) is 2. The molecule has 0 atom stereocenters. The first-order valence-corrected chi connectivity index (χ1v) is 11.0. The Balaban J connectivity index is 1.30. The molecule has 2 amide bonds. The molecule has 0 bridgehead atoms. The number of hydrogen-bond acceptors (Lipinski definition) is 7. The molecule has 0 saturated heterocycles. The van der Waals surface area contributed by atoms with Gasteiger partial charge in [-0.05, 0) is 54.4 Å². The molecular formula is C23H23N5O4S. The number of H-pyrrole nitrogens is 1. The minimum atomic E-state index is -0.359. The van der Waals surface area contributed by atoms with E-state index in [2.05, 4.69) is 25.8 Å². The monoisotopic (exact) mass is 465 g/mol. The Kier molecular flexibility index (Phi) is 6.96. The highest BCUT2D eigenvalue weighted by molar-refractivity contribution is 7.13. The van der Waals surface area contributed by atoms with Crippen molar-refractivity contribution in [1.29, 1.82) is 0 Å². The Morgan fingerprint density at radius 2 is 1.88 bits per heavy atom. The summed E-state index contributed by atoms with van der Waals surface area (Å²) < 4.78 is 10.3. The molecule has 0 aliphatic rings. The van der Waals surface area contributed by atoms with Crippen LogP contribution >= 0.6 is 11.3 Å². The Morgan fingerprint density at radius 3 is 2.64 bits per heavy atom. The summed E-state index contributed by atoms with van der Waals surface area (Å²) in [6.07, 6.45) is 2.63. The Labute approximate surface area is 194 Å². The van der Waals surface area contributed by atoms with Crippen molar-refractivity contribution in [2.24, 2.45) is 0 Å². The number of carbonyl (C=O) groups excluding carboxylic acids is 2. The molecule has 2 aromatic carbocycles. The highest BCUT2D eigenvalue weighted by Gasteiger charge is 2.14. The molecule has 10 heteroatoms. The number of methoxy groups -OCH3 is 2. The smallest absolute Gasteiger partial charge is 0.286 e. The van der Waals surface area contributed by atoms with Gasteiger partial charge in [-0.2, -0.15) is 0 Å². The van der Waals surface area contributed by atoms with Crippen LogP contribution in [0.1, 0.15) is 30.7 Å². The first-order chi connectivity index (χ1) is 16.1. The molecule has 9 nitrogen and oxygen atoms in total. The van der Waals surface area contributed by atoms with E-state index in [4.69, 9.17) is 9.47 Å². The summed E-state index contributed by atoms with van der Waals surface area (Å²) in [6, 6.07) is 12.5. The van der Waals surface area contributed by atoms with E-state index in [1.165, 1.54) is 11.3 Å². The third-order valence-corrected chi connectivity index (χ3v) is 5.88. The van der Waals surface area contributed by atoms with E-state index in [0.29, 0.717) is 35.8 Å². The van der Waals surface area contributed by atoms with Gasteiger partial charge in [0, 0.05) is 42.0 Å². The second kappa shape index (κ2) is 10.2. The molecule has 0 saturated carbocycles. The fourth-order valence-electron chi connectivity index (χ4n) is 3.32. The van der Waals surface area contributed by atoms with Crippen molar-refractivity contribution in [1.82, 2.24) is 20.5 Å². The number of benzene rings is 2. The minimum Gasteiger partial charge on any atom is -0.497 e. The van der Waals surface area contributed by atoms with Gasteiger partial charge in [0.1, 0.15) is 10.8 Å². The second-order valence-electron chi connectivity index (χ2n) is 7.20. The van der Waals surface area contributed by atoms with Crippen LogP contribution in [0.3, 0.4) is 0 Å². The Bertz CT molecular complexity index is 1270. The van der Waals surface area contributed by atoms with Gasteiger partial charge in [-0.15, -0.1) is 10.2 Å². The van der Waals surface area contributed by atoms with Gasteiger partial charge in [-0.25, -0.2) is 0 Å². The molecular weight excluding hydrogens is 442 g/mol. The van der Waals surface area contributed by atoms with Gasteiger partial charge in [-0.3, -0.25) is 9.59 Å². The molecule has 0 aliphatic heterocycles. The predicted molar refractivity (Wildman–Crippen MR) is 126 cm³/mol. The molecule has 0 unspecified atom stereocenters. The lowest BCUT2D eigenvalue weighted by Crippen LogP contribution is -2.25. The van der Waals surface area contributed by atoms with E-state index >= 15 is 0 Å². The standard InChI is InChI=1S/C23H23N5O4S/c1-31-13-20-27-28-23(33-20)22(30)26-16-5-3-14(4-6-16)21(29)24-10-9-15-12-25-19-8-7-17(32-2)11-18(15)19/h3-8,11-12,25H,9-10,13H2,1-2H3,(H,24,29)(H,26,30). The summed E-state index contributed by atoms with van der Waals surface area (Å²) in [6.45, 7) is 0.797. The molecule has 33 heavy (non-hydrogen) atoms. The summed E-state index contributed by atoms with van der Waals surface area (Å²) in [4.78, 5) is 28.0. The van der Waals surface area contributed by atoms with Crippen LogP contribution in [0, 0.1) is 0 Å². The summed E-state index contributed by atoms with van der Waals surface area (Å²) in [5.41, 5.74) is 3.20. The van der Waals surface area contributed by atoms with Crippen LogP contribution in [0.4, 0.5) is 5.69 Å². The summed E-state index contributed by atoms with van der Waals surface area (Å²) >= 11 is 1.17.